The van der Waals surface area contributed by atoms with Gasteiger partial charge in [-0.2, -0.15) is 0 Å². The molecule has 0 saturated heterocycles. The Morgan fingerprint density at radius 3 is 2.43 bits per heavy atom. The Kier molecular flexibility index (Phi) is 5.14. The molecular formula is C7H4NNaO5. The first kappa shape index (κ1) is 12.9. The molecule has 0 fully saturated rings. The molecule has 1 aromatic rings. The molecule has 0 radical (unpaired) electrons. The summed E-state index contributed by atoms with van der Waals surface area (Å²) in [6.07, 6.45) is 0. The minimum atomic E-state index is -1.52. The quantitative estimate of drug-likeness (QED) is 0.291. The third kappa shape index (κ3) is 3.33. The molecule has 0 aliphatic carbocycles. The second-order valence-corrected chi connectivity index (χ2v) is 2.10. The van der Waals surface area contributed by atoms with Crippen molar-refractivity contribution in [2.45, 2.75) is 0 Å². The molecule has 0 N–H and O–H groups in total. The van der Waals surface area contributed by atoms with Crippen LogP contribution in [0, 0.1) is 10.1 Å². The molecule has 0 aromatic heterocycles. The van der Waals surface area contributed by atoms with E-state index in [1.54, 1.807) is 0 Å². The van der Waals surface area contributed by atoms with E-state index >= 15 is 0 Å². The van der Waals surface area contributed by atoms with E-state index in [1.807, 2.05) is 0 Å². The molecule has 14 heavy (non-hydrogen) atoms. The minimum absolute atomic E-state index is 0. The van der Waals surface area contributed by atoms with Crippen LogP contribution in [0.15, 0.2) is 24.3 Å². The molecule has 0 saturated carbocycles. The van der Waals surface area contributed by atoms with Crippen molar-refractivity contribution in [3.8, 4) is 5.75 Å². The van der Waals surface area contributed by atoms with Gasteiger partial charge >= 0.3 is 29.6 Å². The van der Waals surface area contributed by atoms with Gasteiger partial charge in [0.1, 0.15) is 5.75 Å². The van der Waals surface area contributed by atoms with Crippen LogP contribution in [0.4, 0.5) is 0 Å². The summed E-state index contributed by atoms with van der Waals surface area (Å²) in [6, 6.07) is 5.17. The zero-order valence-electron chi connectivity index (χ0n) is 7.30. The molecule has 0 bridgehead atoms. The Balaban J connectivity index is 0.00000169. The maximum atomic E-state index is 10.4. The molecule has 0 aliphatic rings. The number of carboxylic acids is 1. The molecule has 1 aromatic carbocycles. The fraction of sp³-hybridized carbons (Fsp3) is 0. The number of rotatable bonds is 3. The van der Waals surface area contributed by atoms with E-state index in [0.717, 1.165) is 6.07 Å². The number of carbonyl (C=O) groups excluding carboxylic acids is 1. The van der Waals surface area contributed by atoms with Gasteiger partial charge in [0.15, 0.2) is 0 Å². The summed E-state index contributed by atoms with van der Waals surface area (Å²) in [7, 11) is 0. The molecule has 6 nitrogen and oxygen atoms in total. The average Bonchev–Trinajstić information content (AvgIpc) is 2.03. The van der Waals surface area contributed by atoms with Gasteiger partial charge in [0, 0.05) is 5.56 Å². The Hall–Kier alpha value is -1.11. The van der Waals surface area contributed by atoms with E-state index in [-0.39, 0.29) is 40.9 Å². The van der Waals surface area contributed by atoms with Gasteiger partial charge in [0.25, 0.3) is 5.09 Å². The molecule has 1 rings (SSSR count). The van der Waals surface area contributed by atoms with E-state index in [1.165, 1.54) is 18.2 Å². The maximum Gasteiger partial charge on any atom is 1.00 e. The molecule has 0 atom stereocenters. The molecule has 0 amide bonds. The summed E-state index contributed by atoms with van der Waals surface area (Å²) >= 11 is 0. The number of nitrogens with zero attached hydrogens (tertiary/aromatic N) is 1. The van der Waals surface area contributed by atoms with Gasteiger partial charge in [0.2, 0.25) is 0 Å². The Morgan fingerprint density at radius 2 is 1.93 bits per heavy atom. The van der Waals surface area contributed by atoms with Gasteiger partial charge < -0.3 is 9.90 Å². The minimum Gasteiger partial charge on any atom is -0.545 e. The third-order valence-corrected chi connectivity index (χ3v) is 1.28. The number of hydrogen-bond acceptors (Lipinski definition) is 5. The zero-order chi connectivity index (χ0) is 9.84. The molecule has 0 spiro atoms. The first-order valence-corrected chi connectivity index (χ1v) is 3.24. The van der Waals surface area contributed by atoms with E-state index in [9.17, 15) is 20.0 Å². The summed E-state index contributed by atoms with van der Waals surface area (Å²) in [5.74, 6) is -1.86. The number of benzene rings is 1. The molecule has 0 aliphatic heterocycles. The van der Waals surface area contributed by atoms with Gasteiger partial charge in [-0.1, -0.05) is 18.2 Å². The SMILES string of the molecule is O=C([O-])c1ccccc1O[N+](=O)[O-].[Na+]. The van der Waals surface area contributed by atoms with Crippen LogP contribution < -0.4 is 39.5 Å². The van der Waals surface area contributed by atoms with Crippen LogP contribution in [0.3, 0.4) is 0 Å². The monoisotopic (exact) mass is 205 g/mol. The van der Waals surface area contributed by atoms with Crippen LogP contribution in [0.2, 0.25) is 0 Å². The number of carbonyl (C=O) groups is 1. The van der Waals surface area contributed by atoms with Crippen molar-refractivity contribution in [3.05, 3.63) is 39.9 Å². The maximum absolute atomic E-state index is 10.4. The second-order valence-electron chi connectivity index (χ2n) is 2.10. The standard InChI is InChI=1S/C7H5NO5.Na/c9-7(10)5-3-1-2-4-6(5)13-8(11)12;/h1-4H,(H,9,10);/q;+1/p-1. The van der Waals surface area contributed by atoms with E-state index in [4.69, 9.17) is 0 Å². The van der Waals surface area contributed by atoms with Gasteiger partial charge in [-0.3, -0.25) is 4.84 Å². The predicted octanol–water partition coefficient (Wildman–Crippen LogP) is -3.38. The number of para-hydroxylation sites is 1. The van der Waals surface area contributed by atoms with Crippen LogP contribution in [0.25, 0.3) is 0 Å². The topological polar surface area (TPSA) is 92.5 Å². The summed E-state index contributed by atoms with van der Waals surface area (Å²) < 4.78 is 0. The fourth-order valence-electron chi connectivity index (χ4n) is 0.795. The zero-order valence-corrected chi connectivity index (χ0v) is 9.30. The van der Waals surface area contributed by atoms with Crippen molar-refractivity contribution in [1.29, 1.82) is 0 Å². The van der Waals surface area contributed by atoms with Crippen molar-refractivity contribution in [2.75, 3.05) is 0 Å². The van der Waals surface area contributed by atoms with Crippen molar-refractivity contribution in [1.82, 2.24) is 0 Å². The Labute approximate surface area is 101 Å². The molecular weight excluding hydrogens is 201 g/mol. The molecule has 0 unspecified atom stereocenters. The average molecular weight is 205 g/mol. The predicted molar refractivity (Wildman–Crippen MR) is 38.4 cm³/mol. The summed E-state index contributed by atoms with van der Waals surface area (Å²) in [5, 5.41) is 19.2. The van der Waals surface area contributed by atoms with Gasteiger partial charge in [-0.05, 0) is 6.07 Å². The van der Waals surface area contributed by atoms with Crippen LogP contribution in [-0.2, 0) is 0 Å². The molecule has 0 heterocycles. The molecule has 7 heteroatoms. The van der Waals surface area contributed by atoms with Crippen LogP contribution in [0.5, 0.6) is 5.75 Å². The third-order valence-electron chi connectivity index (χ3n) is 1.28. The van der Waals surface area contributed by atoms with Gasteiger partial charge in [0.05, 0.1) is 5.97 Å². The van der Waals surface area contributed by atoms with Crippen molar-refractivity contribution < 1.29 is 49.4 Å². The summed E-state index contributed by atoms with van der Waals surface area (Å²) in [6.45, 7) is 0. The summed E-state index contributed by atoms with van der Waals surface area (Å²) in [4.78, 5) is 24.3. The van der Waals surface area contributed by atoms with Crippen LogP contribution >= 0.6 is 0 Å². The van der Waals surface area contributed by atoms with Crippen LogP contribution in [0.1, 0.15) is 10.4 Å². The van der Waals surface area contributed by atoms with Gasteiger partial charge in [-0.25, -0.2) is 0 Å². The van der Waals surface area contributed by atoms with Gasteiger partial charge in [-0.15, -0.1) is 10.1 Å². The number of aromatic carboxylic acids is 1. The Morgan fingerprint density at radius 1 is 1.36 bits per heavy atom. The number of hydrogen-bond donors (Lipinski definition) is 0. The van der Waals surface area contributed by atoms with Crippen molar-refractivity contribution in [3.63, 3.8) is 0 Å². The fourth-order valence-corrected chi connectivity index (χ4v) is 0.795. The van der Waals surface area contributed by atoms with Crippen molar-refractivity contribution >= 4 is 5.97 Å². The Bertz CT molecular complexity index is 354. The van der Waals surface area contributed by atoms with Crippen molar-refractivity contribution in [2.24, 2.45) is 0 Å². The summed E-state index contributed by atoms with van der Waals surface area (Å²) in [5.41, 5.74) is -0.348. The second kappa shape index (κ2) is 5.58. The smallest absolute Gasteiger partial charge is 0.545 e. The normalized spacial score (nSPS) is 8.57. The first-order valence-electron chi connectivity index (χ1n) is 3.24. The van der Waals surface area contributed by atoms with E-state index in [0.29, 0.717) is 0 Å². The number of carboxylic acid groups (broad SMARTS) is 1. The van der Waals surface area contributed by atoms with E-state index < -0.39 is 11.1 Å². The molecule has 68 valence electrons. The van der Waals surface area contributed by atoms with E-state index in [2.05, 4.69) is 4.84 Å². The largest absolute Gasteiger partial charge is 1.00 e. The van der Waals surface area contributed by atoms with Crippen LogP contribution in [-0.4, -0.2) is 11.1 Å². The first-order chi connectivity index (χ1) is 6.11.